The first-order chi connectivity index (χ1) is 6.33. The average molecular weight is 205 g/mol. The molecule has 0 aliphatic carbocycles. The molecule has 6 nitrogen and oxygen atoms in total. The molecule has 82 valence electrons. The van der Waals surface area contributed by atoms with Crippen molar-refractivity contribution in [3.8, 4) is 0 Å². The van der Waals surface area contributed by atoms with Crippen LogP contribution in [0.5, 0.6) is 0 Å². The molecule has 3 atom stereocenters. The van der Waals surface area contributed by atoms with Gasteiger partial charge in [0, 0.05) is 0 Å². The van der Waals surface area contributed by atoms with E-state index >= 15 is 0 Å². The summed E-state index contributed by atoms with van der Waals surface area (Å²) in [5.74, 6) is -2.05. The minimum absolute atomic E-state index is 0.148. The molecule has 1 saturated heterocycles. The number of carboxylic acid groups (broad SMARTS) is 1. The molecular weight excluding hydrogens is 190 g/mol. The molecule has 4 N–H and O–H groups in total. The fraction of sp³-hybridized carbons (Fsp3) is 0.875. The summed E-state index contributed by atoms with van der Waals surface area (Å²) in [6.45, 7) is 3.52. The van der Waals surface area contributed by atoms with E-state index in [2.05, 4.69) is 0 Å². The maximum Gasteiger partial charge on any atom is 0.323 e. The van der Waals surface area contributed by atoms with Crippen molar-refractivity contribution in [2.45, 2.75) is 37.9 Å². The first kappa shape index (κ1) is 11.4. The molecule has 1 aliphatic heterocycles. The zero-order valence-electron chi connectivity index (χ0n) is 8.14. The molecule has 6 heteroatoms. The lowest BCUT2D eigenvalue weighted by molar-refractivity contribution is -0.159. The standard InChI is InChI=1S/C8H15NO5/c1-8(2)13-3-4(14-8)6(10)5(9)7(11)12/h4-6,10H,3,9H2,1-2H3,(H,11,12)/t4-,5-,6+/m1/s1. The van der Waals surface area contributed by atoms with Crippen LogP contribution in [0.2, 0.25) is 0 Å². The van der Waals surface area contributed by atoms with E-state index in [9.17, 15) is 9.90 Å². The summed E-state index contributed by atoms with van der Waals surface area (Å²) in [6.07, 6.45) is -1.94. The van der Waals surface area contributed by atoms with Crippen LogP contribution in [-0.4, -0.2) is 46.8 Å². The SMILES string of the molecule is CC1(C)OC[C@H]([C@H](O)[C@@H](N)C(=O)O)O1. The molecule has 0 aromatic heterocycles. The predicted molar refractivity (Wildman–Crippen MR) is 46.5 cm³/mol. The number of aliphatic carboxylic acids is 1. The Morgan fingerprint density at radius 1 is 1.64 bits per heavy atom. The smallest absolute Gasteiger partial charge is 0.323 e. The highest BCUT2D eigenvalue weighted by molar-refractivity contribution is 5.74. The van der Waals surface area contributed by atoms with Gasteiger partial charge in [-0.05, 0) is 13.8 Å². The molecule has 1 aliphatic rings. The minimum Gasteiger partial charge on any atom is -0.480 e. The number of aliphatic hydroxyl groups is 1. The molecule has 0 spiro atoms. The third-order valence-corrected chi connectivity index (χ3v) is 2.06. The van der Waals surface area contributed by atoms with Gasteiger partial charge in [0.15, 0.2) is 5.79 Å². The van der Waals surface area contributed by atoms with Crippen LogP contribution < -0.4 is 5.73 Å². The second kappa shape index (κ2) is 3.82. The van der Waals surface area contributed by atoms with Gasteiger partial charge in [-0.1, -0.05) is 0 Å². The highest BCUT2D eigenvalue weighted by Crippen LogP contribution is 2.24. The van der Waals surface area contributed by atoms with Crippen molar-refractivity contribution in [2.75, 3.05) is 6.61 Å². The fourth-order valence-electron chi connectivity index (χ4n) is 1.26. The summed E-state index contributed by atoms with van der Waals surface area (Å²) in [6, 6.07) is -1.35. The molecule has 0 amide bonds. The molecule has 0 radical (unpaired) electrons. The third kappa shape index (κ3) is 2.42. The van der Waals surface area contributed by atoms with E-state index in [4.69, 9.17) is 20.3 Å². The Balaban J connectivity index is 2.55. The summed E-state index contributed by atoms with van der Waals surface area (Å²) >= 11 is 0. The molecular formula is C8H15NO5. The van der Waals surface area contributed by atoms with Gasteiger partial charge in [0.2, 0.25) is 0 Å². The normalized spacial score (nSPS) is 29.9. The number of aliphatic hydroxyl groups excluding tert-OH is 1. The van der Waals surface area contributed by atoms with E-state index in [1.165, 1.54) is 0 Å². The molecule has 0 bridgehead atoms. The lowest BCUT2D eigenvalue weighted by Crippen LogP contribution is -2.49. The third-order valence-electron chi connectivity index (χ3n) is 2.06. The Kier molecular flexibility index (Phi) is 3.10. The van der Waals surface area contributed by atoms with Crippen molar-refractivity contribution in [1.82, 2.24) is 0 Å². The van der Waals surface area contributed by atoms with Gasteiger partial charge >= 0.3 is 5.97 Å². The van der Waals surface area contributed by atoms with Crippen molar-refractivity contribution in [3.05, 3.63) is 0 Å². The van der Waals surface area contributed by atoms with Gasteiger partial charge in [-0.2, -0.15) is 0 Å². The number of carboxylic acids is 1. The van der Waals surface area contributed by atoms with Crippen molar-refractivity contribution < 1.29 is 24.5 Å². The quantitative estimate of drug-likeness (QED) is 0.541. The number of ether oxygens (including phenoxy) is 2. The zero-order chi connectivity index (χ0) is 10.9. The zero-order valence-corrected chi connectivity index (χ0v) is 8.14. The van der Waals surface area contributed by atoms with Crippen LogP contribution in [0, 0.1) is 0 Å². The number of nitrogens with two attached hydrogens (primary N) is 1. The summed E-state index contributed by atoms with van der Waals surface area (Å²) in [5.41, 5.74) is 5.24. The van der Waals surface area contributed by atoms with Crippen molar-refractivity contribution >= 4 is 5.97 Å². The molecule has 0 aromatic rings. The number of hydrogen-bond acceptors (Lipinski definition) is 5. The number of rotatable bonds is 3. The van der Waals surface area contributed by atoms with Crippen molar-refractivity contribution in [2.24, 2.45) is 5.73 Å². The average Bonchev–Trinajstić information content (AvgIpc) is 2.43. The van der Waals surface area contributed by atoms with E-state index in [1.807, 2.05) is 0 Å². The lowest BCUT2D eigenvalue weighted by Gasteiger charge is -2.22. The Morgan fingerprint density at radius 2 is 2.21 bits per heavy atom. The molecule has 1 fully saturated rings. The van der Waals surface area contributed by atoms with Gasteiger partial charge in [0.25, 0.3) is 0 Å². The lowest BCUT2D eigenvalue weighted by atomic mass is 10.1. The largest absolute Gasteiger partial charge is 0.480 e. The van der Waals surface area contributed by atoms with Crippen LogP contribution >= 0.6 is 0 Å². The van der Waals surface area contributed by atoms with Gasteiger partial charge in [-0.15, -0.1) is 0 Å². The van der Waals surface area contributed by atoms with Crippen molar-refractivity contribution in [1.29, 1.82) is 0 Å². The fourth-order valence-corrected chi connectivity index (χ4v) is 1.26. The first-order valence-electron chi connectivity index (χ1n) is 4.32. The predicted octanol–water partition coefficient (Wildman–Crippen LogP) is -1.09. The summed E-state index contributed by atoms with van der Waals surface area (Å²) < 4.78 is 10.4. The molecule has 0 unspecified atom stereocenters. The Labute approximate surface area is 81.6 Å². The van der Waals surface area contributed by atoms with Gasteiger partial charge < -0.3 is 25.4 Å². The highest BCUT2D eigenvalue weighted by atomic mass is 16.7. The Morgan fingerprint density at radius 3 is 2.57 bits per heavy atom. The second-order valence-electron chi connectivity index (χ2n) is 3.72. The molecule has 1 heterocycles. The van der Waals surface area contributed by atoms with Crippen LogP contribution in [0.15, 0.2) is 0 Å². The monoisotopic (exact) mass is 205 g/mol. The van der Waals surface area contributed by atoms with Gasteiger partial charge in [-0.3, -0.25) is 4.79 Å². The molecule has 0 saturated carbocycles. The summed E-state index contributed by atoms with van der Waals surface area (Å²) in [7, 11) is 0. The van der Waals surface area contributed by atoms with E-state index in [0.717, 1.165) is 0 Å². The van der Waals surface area contributed by atoms with E-state index in [1.54, 1.807) is 13.8 Å². The highest BCUT2D eigenvalue weighted by Gasteiger charge is 2.40. The van der Waals surface area contributed by atoms with Gasteiger partial charge in [0.1, 0.15) is 18.2 Å². The van der Waals surface area contributed by atoms with Crippen LogP contribution in [-0.2, 0) is 14.3 Å². The molecule has 1 rings (SSSR count). The first-order valence-corrected chi connectivity index (χ1v) is 4.32. The van der Waals surface area contributed by atoms with E-state index in [0.29, 0.717) is 0 Å². The molecule has 14 heavy (non-hydrogen) atoms. The maximum absolute atomic E-state index is 10.5. The van der Waals surface area contributed by atoms with Crippen LogP contribution in [0.3, 0.4) is 0 Å². The van der Waals surface area contributed by atoms with Gasteiger partial charge in [0.05, 0.1) is 6.61 Å². The summed E-state index contributed by atoms with van der Waals surface area (Å²) in [5, 5.41) is 18.1. The minimum atomic E-state index is -1.35. The topological polar surface area (TPSA) is 102 Å². The van der Waals surface area contributed by atoms with Crippen LogP contribution in [0.1, 0.15) is 13.8 Å². The Hall–Kier alpha value is -0.690. The summed E-state index contributed by atoms with van der Waals surface area (Å²) in [4.78, 5) is 10.5. The Bertz CT molecular complexity index is 230. The van der Waals surface area contributed by atoms with Gasteiger partial charge in [-0.25, -0.2) is 0 Å². The van der Waals surface area contributed by atoms with Crippen molar-refractivity contribution in [3.63, 3.8) is 0 Å². The van der Waals surface area contributed by atoms with Crippen LogP contribution in [0.4, 0.5) is 0 Å². The van der Waals surface area contributed by atoms with E-state index in [-0.39, 0.29) is 6.61 Å². The van der Waals surface area contributed by atoms with E-state index < -0.39 is 30.0 Å². The molecule has 0 aromatic carbocycles. The number of carbonyl (C=O) groups is 1. The number of hydrogen-bond donors (Lipinski definition) is 3. The maximum atomic E-state index is 10.5. The second-order valence-corrected chi connectivity index (χ2v) is 3.72. The van der Waals surface area contributed by atoms with Crippen LogP contribution in [0.25, 0.3) is 0 Å².